The van der Waals surface area contributed by atoms with Crippen LogP contribution in [0.25, 0.3) is 0 Å². The lowest BCUT2D eigenvalue weighted by molar-refractivity contribution is -0.384. The van der Waals surface area contributed by atoms with Crippen molar-refractivity contribution in [2.75, 3.05) is 31.1 Å². The third-order valence-corrected chi connectivity index (χ3v) is 7.83. The summed E-state index contributed by atoms with van der Waals surface area (Å²) < 4.78 is 1.85. The van der Waals surface area contributed by atoms with Gasteiger partial charge in [0, 0.05) is 43.4 Å². The Kier molecular flexibility index (Phi) is 7.65. The topological polar surface area (TPSA) is 84.5 Å². The number of fused-ring (bicyclic) bond motifs is 1. The molecule has 0 radical (unpaired) electrons. The molecule has 0 saturated carbocycles. The third-order valence-electron chi connectivity index (χ3n) is 7.83. The molecule has 2 aliphatic rings. The lowest BCUT2D eigenvalue weighted by Gasteiger charge is -2.34. The molecule has 0 bridgehead atoms. The van der Waals surface area contributed by atoms with Crippen LogP contribution >= 0.6 is 0 Å². The van der Waals surface area contributed by atoms with Crippen molar-refractivity contribution in [1.29, 1.82) is 0 Å². The number of likely N-dealkylation sites (tertiary alicyclic amines) is 1. The molecule has 5 rings (SSSR count). The number of nitro groups is 1. The van der Waals surface area contributed by atoms with Gasteiger partial charge >= 0.3 is 0 Å². The molecule has 1 aliphatic carbocycles. The van der Waals surface area contributed by atoms with E-state index in [1.165, 1.54) is 23.3 Å². The summed E-state index contributed by atoms with van der Waals surface area (Å²) in [6, 6.07) is 16.6. The van der Waals surface area contributed by atoms with Crippen LogP contribution in [0.15, 0.2) is 54.6 Å². The predicted molar refractivity (Wildman–Crippen MR) is 144 cm³/mol. The molecule has 194 valence electrons. The maximum absolute atomic E-state index is 13.8. The molecule has 0 unspecified atom stereocenters. The average molecular weight is 502 g/mol. The number of carbonyl (C=O) groups excluding carboxylic acids is 1. The van der Waals surface area contributed by atoms with Crippen LogP contribution in [0.1, 0.15) is 52.9 Å². The van der Waals surface area contributed by atoms with Crippen LogP contribution in [-0.4, -0.2) is 51.7 Å². The molecule has 0 atom stereocenters. The molecule has 8 heteroatoms. The minimum Gasteiger partial charge on any atom is -0.302 e. The fourth-order valence-electron chi connectivity index (χ4n) is 5.79. The zero-order valence-corrected chi connectivity index (χ0v) is 21.5. The van der Waals surface area contributed by atoms with Crippen molar-refractivity contribution < 1.29 is 9.72 Å². The van der Waals surface area contributed by atoms with E-state index in [-0.39, 0.29) is 11.6 Å². The van der Waals surface area contributed by atoms with E-state index in [9.17, 15) is 14.9 Å². The summed E-state index contributed by atoms with van der Waals surface area (Å²) in [6.45, 7) is 3.41. The second-order valence-corrected chi connectivity index (χ2v) is 10.3. The van der Waals surface area contributed by atoms with Crippen LogP contribution in [0.5, 0.6) is 0 Å². The smallest absolute Gasteiger partial charge is 0.269 e. The molecule has 37 heavy (non-hydrogen) atoms. The number of nitrogens with zero attached hydrogens (tertiary/aromatic N) is 5. The number of benzene rings is 2. The van der Waals surface area contributed by atoms with E-state index in [2.05, 4.69) is 35.2 Å². The van der Waals surface area contributed by atoms with Crippen molar-refractivity contribution in [2.24, 2.45) is 13.0 Å². The van der Waals surface area contributed by atoms with Crippen molar-refractivity contribution in [3.05, 3.63) is 87.1 Å². The highest BCUT2D eigenvalue weighted by Crippen LogP contribution is 2.31. The summed E-state index contributed by atoms with van der Waals surface area (Å²) in [5, 5.41) is 15.9. The van der Waals surface area contributed by atoms with E-state index in [0.29, 0.717) is 18.0 Å². The van der Waals surface area contributed by atoms with Crippen molar-refractivity contribution in [1.82, 2.24) is 14.7 Å². The fraction of sp³-hybridized carbons (Fsp3) is 0.448. The van der Waals surface area contributed by atoms with Gasteiger partial charge in [-0.2, -0.15) is 5.10 Å². The summed E-state index contributed by atoms with van der Waals surface area (Å²) in [5.74, 6) is 1.43. The van der Waals surface area contributed by atoms with E-state index >= 15 is 0 Å². The average Bonchev–Trinajstić information content (AvgIpc) is 3.26. The van der Waals surface area contributed by atoms with E-state index in [4.69, 9.17) is 5.10 Å². The Morgan fingerprint density at radius 1 is 1.05 bits per heavy atom. The largest absolute Gasteiger partial charge is 0.302 e. The van der Waals surface area contributed by atoms with Gasteiger partial charge in [0.05, 0.1) is 10.6 Å². The SMILES string of the molecule is Cn1nc2c(c1N(CCN1CCC(Cc3ccccc3)CC1)C(=O)c1ccc([N+](=O)[O-])cc1)CCCC2. The third kappa shape index (κ3) is 5.74. The number of hydrogen-bond donors (Lipinski definition) is 0. The number of nitro benzene ring substituents is 1. The highest BCUT2D eigenvalue weighted by atomic mass is 16.6. The number of amides is 1. The minimum absolute atomic E-state index is 0.0145. The lowest BCUT2D eigenvalue weighted by atomic mass is 9.90. The number of aryl methyl sites for hydroxylation is 2. The zero-order valence-electron chi connectivity index (χ0n) is 21.5. The predicted octanol–water partition coefficient (Wildman–Crippen LogP) is 4.81. The summed E-state index contributed by atoms with van der Waals surface area (Å²) in [7, 11) is 1.92. The van der Waals surface area contributed by atoms with Gasteiger partial charge in [-0.1, -0.05) is 30.3 Å². The molecule has 1 fully saturated rings. The van der Waals surface area contributed by atoms with Gasteiger partial charge in [-0.15, -0.1) is 0 Å². The molecule has 8 nitrogen and oxygen atoms in total. The minimum atomic E-state index is -0.440. The van der Waals surface area contributed by atoms with Crippen LogP contribution in [0.3, 0.4) is 0 Å². The zero-order chi connectivity index (χ0) is 25.8. The van der Waals surface area contributed by atoms with Gasteiger partial charge in [-0.05, 0) is 81.6 Å². The van der Waals surface area contributed by atoms with Gasteiger partial charge in [0.2, 0.25) is 0 Å². The van der Waals surface area contributed by atoms with E-state index < -0.39 is 4.92 Å². The normalized spacial score (nSPS) is 16.4. The van der Waals surface area contributed by atoms with E-state index in [0.717, 1.165) is 76.1 Å². The van der Waals surface area contributed by atoms with Gasteiger partial charge < -0.3 is 4.90 Å². The van der Waals surface area contributed by atoms with Gasteiger partial charge in [-0.3, -0.25) is 24.5 Å². The second-order valence-electron chi connectivity index (χ2n) is 10.3. The fourth-order valence-corrected chi connectivity index (χ4v) is 5.79. The Hall–Kier alpha value is -3.52. The number of piperidine rings is 1. The van der Waals surface area contributed by atoms with Crippen molar-refractivity contribution in [3.8, 4) is 0 Å². The molecule has 1 aliphatic heterocycles. The first-order valence-electron chi connectivity index (χ1n) is 13.4. The van der Waals surface area contributed by atoms with Gasteiger partial charge in [-0.25, -0.2) is 0 Å². The molecule has 1 saturated heterocycles. The monoisotopic (exact) mass is 501 g/mol. The highest BCUT2D eigenvalue weighted by molar-refractivity contribution is 6.06. The van der Waals surface area contributed by atoms with Crippen molar-refractivity contribution in [3.63, 3.8) is 0 Å². The van der Waals surface area contributed by atoms with Gasteiger partial charge in [0.1, 0.15) is 5.82 Å². The quantitative estimate of drug-likeness (QED) is 0.327. The number of anilines is 1. The summed E-state index contributed by atoms with van der Waals surface area (Å²) in [5.41, 5.74) is 4.11. The molecule has 0 spiro atoms. The number of rotatable bonds is 8. The van der Waals surface area contributed by atoms with Crippen LogP contribution in [0, 0.1) is 16.0 Å². The van der Waals surface area contributed by atoms with Crippen molar-refractivity contribution in [2.45, 2.75) is 44.9 Å². The Morgan fingerprint density at radius 3 is 2.46 bits per heavy atom. The summed E-state index contributed by atoms with van der Waals surface area (Å²) in [4.78, 5) is 28.8. The number of hydrogen-bond acceptors (Lipinski definition) is 5. The Morgan fingerprint density at radius 2 is 1.76 bits per heavy atom. The number of carbonyl (C=O) groups is 1. The lowest BCUT2D eigenvalue weighted by Crippen LogP contribution is -2.43. The Balaban J connectivity index is 1.30. The molecule has 2 aromatic carbocycles. The summed E-state index contributed by atoms with van der Waals surface area (Å²) in [6.07, 6.45) is 7.53. The first-order valence-corrected chi connectivity index (χ1v) is 13.4. The molecule has 2 heterocycles. The van der Waals surface area contributed by atoms with Crippen LogP contribution in [-0.2, 0) is 26.3 Å². The molecule has 1 amide bonds. The maximum Gasteiger partial charge on any atom is 0.269 e. The van der Waals surface area contributed by atoms with E-state index in [1.54, 1.807) is 12.1 Å². The van der Waals surface area contributed by atoms with Crippen LogP contribution < -0.4 is 4.90 Å². The first-order chi connectivity index (χ1) is 18.0. The standard InChI is InChI=1S/C29H35N5O3/c1-31-28(26-9-5-6-10-27(26)30-31)33(29(35)24-11-13-25(14-12-24)34(36)37)20-19-32-17-15-23(16-18-32)21-22-7-3-2-4-8-22/h2-4,7-8,11-14,23H,5-6,9-10,15-21H2,1H3. The van der Waals surface area contributed by atoms with Crippen LogP contribution in [0.2, 0.25) is 0 Å². The Labute approximate surface area is 218 Å². The maximum atomic E-state index is 13.8. The first kappa shape index (κ1) is 25.1. The van der Waals surface area contributed by atoms with E-state index in [1.807, 2.05) is 16.6 Å². The summed E-state index contributed by atoms with van der Waals surface area (Å²) >= 11 is 0. The molecular formula is C29H35N5O3. The Bertz CT molecular complexity index is 1230. The molecule has 1 aromatic heterocycles. The second kappa shape index (κ2) is 11.3. The highest BCUT2D eigenvalue weighted by Gasteiger charge is 2.29. The van der Waals surface area contributed by atoms with Crippen LogP contribution in [0.4, 0.5) is 11.5 Å². The molecular weight excluding hydrogens is 466 g/mol. The van der Waals surface area contributed by atoms with Gasteiger partial charge in [0.15, 0.2) is 0 Å². The number of non-ortho nitro benzene ring substituents is 1. The van der Waals surface area contributed by atoms with Gasteiger partial charge in [0.25, 0.3) is 11.6 Å². The molecule has 0 N–H and O–H groups in total. The number of aromatic nitrogens is 2. The molecule has 3 aromatic rings. The van der Waals surface area contributed by atoms with Crippen molar-refractivity contribution >= 4 is 17.4 Å².